The lowest BCUT2D eigenvalue weighted by molar-refractivity contribution is 0.173. The zero-order chi connectivity index (χ0) is 16.8. The zero-order valence-electron chi connectivity index (χ0n) is 14.4. The van der Waals surface area contributed by atoms with Crippen molar-refractivity contribution in [1.29, 1.82) is 0 Å². The third kappa shape index (κ3) is 4.36. The van der Waals surface area contributed by atoms with Crippen molar-refractivity contribution in [2.24, 2.45) is 0 Å². The summed E-state index contributed by atoms with van der Waals surface area (Å²) in [7, 11) is 1.63. The Morgan fingerprint density at radius 2 is 2.04 bits per heavy atom. The number of anilines is 1. The van der Waals surface area contributed by atoms with Crippen LogP contribution < -0.4 is 10.1 Å². The molecule has 5 nitrogen and oxygen atoms in total. The van der Waals surface area contributed by atoms with Gasteiger partial charge in [-0.15, -0.1) is 0 Å². The molecule has 2 saturated heterocycles. The molecule has 1 atom stereocenters. The number of hydrogen-bond donors (Lipinski definition) is 1. The van der Waals surface area contributed by atoms with Crippen LogP contribution in [0, 0.1) is 0 Å². The number of carbonyl (C=O) groups excluding carboxylic acids is 1. The number of thioether (sulfide) groups is 1. The van der Waals surface area contributed by atoms with Gasteiger partial charge in [-0.25, -0.2) is 4.79 Å². The second-order valence-electron chi connectivity index (χ2n) is 6.41. The highest BCUT2D eigenvalue weighted by molar-refractivity contribution is 7.99. The standard InChI is InChI=1S/C18H27N3O2S/c1-23-17-8-3-2-7-16(17)19-18(22)21-11-6-12-24-14-15(21)13-20-9-4-5-10-20/h2-3,7-8,15H,4-6,9-14H2,1H3,(H,19,22). The number of nitrogens with one attached hydrogen (secondary N) is 1. The molecule has 132 valence electrons. The Hall–Kier alpha value is -1.40. The van der Waals surface area contributed by atoms with E-state index in [1.54, 1.807) is 7.11 Å². The van der Waals surface area contributed by atoms with Crippen LogP contribution in [0.5, 0.6) is 5.75 Å². The normalized spacial score (nSPS) is 22.2. The van der Waals surface area contributed by atoms with E-state index in [9.17, 15) is 4.79 Å². The van der Waals surface area contributed by atoms with Crippen molar-refractivity contribution in [2.45, 2.75) is 25.3 Å². The van der Waals surface area contributed by atoms with Crippen molar-refractivity contribution in [2.75, 3.05) is 50.1 Å². The Morgan fingerprint density at radius 3 is 2.83 bits per heavy atom. The smallest absolute Gasteiger partial charge is 0.322 e. The lowest BCUT2D eigenvalue weighted by atomic mass is 10.2. The van der Waals surface area contributed by atoms with Crippen molar-refractivity contribution in [3.05, 3.63) is 24.3 Å². The molecule has 1 aromatic rings. The lowest BCUT2D eigenvalue weighted by Crippen LogP contribution is -2.49. The van der Waals surface area contributed by atoms with Gasteiger partial charge in [0, 0.05) is 18.8 Å². The molecule has 1 N–H and O–H groups in total. The van der Waals surface area contributed by atoms with Crippen molar-refractivity contribution in [1.82, 2.24) is 9.80 Å². The highest BCUT2D eigenvalue weighted by Gasteiger charge is 2.28. The molecule has 6 heteroatoms. The summed E-state index contributed by atoms with van der Waals surface area (Å²) in [6.45, 7) is 4.16. The first-order valence-corrected chi connectivity index (χ1v) is 9.94. The van der Waals surface area contributed by atoms with Gasteiger partial charge in [-0.2, -0.15) is 11.8 Å². The van der Waals surface area contributed by atoms with Crippen LogP contribution >= 0.6 is 11.8 Å². The maximum atomic E-state index is 12.9. The molecule has 0 aliphatic carbocycles. The van der Waals surface area contributed by atoms with Gasteiger partial charge in [0.05, 0.1) is 18.8 Å². The first-order chi connectivity index (χ1) is 11.8. The lowest BCUT2D eigenvalue weighted by Gasteiger charge is -2.32. The number of para-hydroxylation sites is 2. The fraction of sp³-hybridized carbons (Fsp3) is 0.611. The van der Waals surface area contributed by atoms with Gasteiger partial charge in [-0.1, -0.05) is 12.1 Å². The van der Waals surface area contributed by atoms with Crippen molar-refractivity contribution in [3.63, 3.8) is 0 Å². The first-order valence-electron chi connectivity index (χ1n) is 8.78. The number of ether oxygens (including phenoxy) is 1. The predicted molar refractivity (Wildman–Crippen MR) is 100 cm³/mol. The van der Waals surface area contributed by atoms with Gasteiger partial charge in [0.2, 0.25) is 0 Å². The summed E-state index contributed by atoms with van der Waals surface area (Å²) in [6, 6.07) is 7.86. The average Bonchev–Trinajstić information content (AvgIpc) is 2.99. The van der Waals surface area contributed by atoms with Gasteiger partial charge in [0.1, 0.15) is 5.75 Å². The second kappa shape index (κ2) is 8.62. The van der Waals surface area contributed by atoms with Crippen LogP contribution in [0.25, 0.3) is 0 Å². The Labute approximate surface area is 148 Å². The van der Waals surface area contributed by atoms with Crippen LogP contribution in [0.1, 0.15) is 19.3 Å². The van der Waals surface area contributed by atoms with Crippen molar-refractivity contribution >= 4 is 23.5 Å². The molecule has 3 rings (SSSR count). The number of hydrogen-bond acceptors (Lipinski definition) is 4. The molecule has 2 fully saturated rings. The summed E-state index contributed by atoms with van der Waals surface area (Å²) in [4.78, 5) is 17.4. The molecule has 0 spiro atoms. The summed E-state index contributed by atoms with van der Waals surface area (Å²) >= 11 is 1.97. The molecule has 2 aliphatic heterocycles. The fourth-order valence-corrected chi connectivity index (χ4v) is 4.50. The topological polar surface area (TPSA) is 44.8 Å². The Kier molecular flexibility index (Phi) is 6.26. The fourth-order valence-electron chi connectivity index (χ4n) is 3.45. The number of rotatable bonds is 4. The molecule has 0 aromatic heterocycles. The molecule has 2 amide bonds. The molecule has 0 radical (unpaired) electrons. The number of benzene rings is 1. The van der Waals surface area contributed by atoms with E-state index in [1.165, 1.54) is 25.9 Å². The highest BCUT2D eigenvalue weighted by atomic mass is 32.2. The van der Waals surface area contributed by atoms with Crippen LogP contribution in [0.15, 0.2) is 24.3 Å². The summed E-state index contributed by atoms with van der Waals surface area (Å²) in [5.74, 6) is 2.86. The number of amides is 2. The molecule has 0 saturated carbocycles. The molecule has 24 heavy (non-hydrogen) atoms. The van der Waals surface area contributed by atoms with Gasteiger partial charge < -0.3 is 19.9 Å². The van der Waals surface area contributed by atoms with E-state index in [1.807, 2.05) is 40.9 Å². The third-order valence-corrected chi connectivity index (χ3v) is 5.91. The van der Waals surface area contributed by atoms with Crippen LogP contribution in [0.3, 0.4) is 0 Å². The predicted octanol–water partition coefficient (Wildman–Crippen LogP) is 3.13. The Balaban J connectivity index is 1.69. The number of likely N-dealkylation sites (tertiary alicyclic amines) is 1. The second-order valence-corrected chi connectivity index (χ2v) is 7.56. The first kappa shape index (κ1) is 17.4. The number of methoxy groups -OCH3 is 1. The minimum absolute atomic E-state index is 0.00815. The average molecular weight is 350 g/mol. The van der Waals surface area contributed by atoms with Crippen LogP contribution in [-0.2, 0) is 0 Å². The van der Waals surface area contributed by atoms with Crippen LogP contribution in [-0.4, -0.2) is 66.7 Å². The molecule has 2 aliphatic rings. The van der Waals surface area contributed by atoms with Gasteiger partial charge in [-0.05, 0) is 50.2 Å². The monoisotopic (exact) mass is 349 g/mol. The minimum atomic E-state index is -0.00815. The van der Waals surface area contributed by atoms with Gasteiger partial charge in [-0.3, -0.25) is 0 Å². The van der Waals surface area contributed by atoms with E-state index in [-0.39, 0.29) is 12.1 Å². The van der Waals surface area contributed by atoms with E-state index < -0.39 is 0 Å². The maximum absolute atomic E-state index is 12.9. The number of carbonyl (C=O) groups is 1. The van der Waals surface area contributed by atoms with Gasteiger partial charge >= 0.3 is 6.03 Å². The number of urea groups is 1. The Morgan fingerprint density at radius 1 is 1.25 bits per heavy atom. The minimum Gasteiger partial charge on any atom is -0.495 e. The molecule has 0 bridgehead atoms. The summed E-state index contributed by atoms with van der Waals surface area (Å²) in [5.41, 5.74) is 0.738. The van der Waals surface area contributed by atoms with E-state index in [0.29, 0.717) is 5.75 Å². The Bertz CT molecular complexity index is 549. The summed E-state index contributed by atoms with van der Waals surface area (Å²) in [5, 5.41) is 3.05. The summed E-state index contributed by atoms with van der Waals surface area (Å²) in [6.07, 6.45) is 3.63. The van der Waals surface area contributed by atoms with Gasteiger partial charge in [0.25, 0.3) is 0 Å². The zero-order valence-corrected chi connectivity index (χ0v) is 15.2. The molecule has 1 aromatic carbocycles. The maximum Gasteiger partial charge on any atom is 0.322 e. The van der Waals surface area contributed by atoms with Crippen molar-refractivity contribution in [3.8, 4) is 5.75 Å². The quantitative estimate of drug-likeness (QED) is 0.907. The van der Waals surface area contributed by atoms with E-state index in [2.05, 4.69) is 10.2 Å². The largest absolute Gasteiger partial charge is 0.495 e. The van der Waals surface area contributed by atoms with E-state index >= 15 is 0 Å². The molecular weight excluding hydrogens is 322 g/mol. The van der Waals surface area contributed by atoms with Crippen LogP contribution in [0.2, 0.25) is 0 Å². The summed E-state index contributed by atoms with van der Waals surface area (Å²) < 4.78 is 5.35. The molecule has 1 unspecified atom stereocenters. The highest BCUT2D eigenvalue weighted by Crippen LogP contribution is 2.25. The molecular formula is C18H27N3O2S. The van der Waals surface area contributed by atoms with E-state index in [4.69, 9.17) is 4.74 Å². The number of nitrogens with zero attached hydrogens (tertiary/aromatic N) is 2. The third-order valence-electron chi connectivity index (χ3n) is 4.72. The van der Waals surface area contributed by atoms with Gasteiger partial charge in [0.15, 0.2) is 0 Å². The molecule has 2 heterocycles. The van der Waals surface area contributed by atoms with Crippen LogP contribution in [0.4, 0.5) is 10.5 Å². The van der Waals surface area contributed by atoms with Crippen molar-refractivity contribution < 1.29 is 9.53 Å². The van der Waals surface area contributed by atoms with E-state index in [0.717, 1.165) is 36.7 Å². The SMILES string of the molecule is COc1ccccc1NC(=O)N1CCCSCC1CN1CCCC1.